The van der Waals surface area contributed by atoms with Gasteiger partial charge >= 0.3 is 0 Å². The fourth-order valence-corrected chi connectivity index (χ4v) is 1.90. The second-order valence-electron chi connectivity index (χ2n) is 4.65. The Hall–Kier alpha value is -2.04. The number of halogens is 4. The van der Waals surface area contributed by atoms with Crippen molar-refractivity contribution in [3.05, 3.63) is 64.7 Å². The van der Waals surface area contributed by atoms with Gasteiger partial charge in [0.1, 0.15) is 23.3 Å². The van der Waals surface area contributed by atoms with Gasteiger partial charge in [0.15, 0.2) is 0 Å². The zero-order chi connectivity index (χ0) is 14.9. The Morgan fingerprint density at radius 3 is 2.05 bits per heavy atom. The SMILES string of the molecule is Cc1cc(F)c(NC(C)c2cc(F)cc(F)c2)cc1F. The van der Waals surface area contributed by atoms with Crippen molar-refractivity contribution in [2.45, 2.75) is 19.9 Å². The van der Waals surface area contributed by atoms with Crippen LogP contribution in [-0.2, 0) is 0 Å². The van der Waals surface area contributed by atoms with Crippen LogP contribution in [0.25, 0.3) is 0 Å². The molecule has 0 amide bonds. The monoisotopic (exact) mass is 283 g/mol. The highest BCUT2D eigenvalue weighted by Gasteiger charge is 2.13. The molecule has 2 aromatic rings. The van der Waals surface area contributed by atoms with Crippen LogP contribution in [0.15, 0.2) is 30.3 Å². The smallest absolute Gasteiger partial charge is 0.146 e. The Labute approximate surface area is 114 Å². The summed E-state index contributed by atoms with van der Waals surface area (Å²) in [4.78, 5) is 0. The Morgan fingerprint density at radius 2 is 1.45 bits per heavy atom. The quantitative estimate of drug-likeness (QED) is 0.803. The molecule has 0 aliphatic rings. The van der Waals surface area contributed by atoms with Gasteiger partial charge in [-0.2, -0.15) is 0 Å². The molecule has 0 spiro atoms. The Bertz CT molecular complexity index is 620. The van der Waals surface area contributed by atoms with Crippen LogP contribution in [0.5, 0.6) is 0 Å². The van der Waals surface area contributed by atoms with Crippen molar-refractivity contribution in [1.29, 1.82) is 0 Å². The maximum atomic E-state index is 13.7. The zero-order valence-corrected chi connectivity index (χ0v) is 11.0. The predicted octanol–water partition coefficient (Wildman–Crippen LogP) is 4.72. The number of anilines is 1. The molecule has 20 heavy (non-hydrogen) atoms. The molecule has 5 heteroatoms. The third-order valence-corrected chi connectivity index (χ3v) is 3.01. The molecule has 1 nitrogen and oxygen atoms in total. The van der Waals surface area contributed by atoms with Gasteiger partial charge < -0.3 is 5.32 Å². The molecule has 1 atom stereocenters. The maximum Gasteiger partial charge on any atom is 0.146 e. The minimum Gasteiger partial charge on any atom is -0.376 e. The third kappa shape index (κ3) is 3.10. The van der Waals surface area contributed by atoms with Crippen LogP contribution in [0, 0.1) is 30.2 Å². The standard InChI is InChI=1S/C15H13F4N/c1-8-3-14(19)15(7-13(8)18)20-9(2)10-4-11(16)6-12(17)5-10/h3-7,9,20H,1-2H3. The van der Waals surface area contributed by atoms with Crippen LogP contribution < -0.4 is 5.32 Å². The first kappa shape index (κ1) is 14.4. The normalized spacial score (nSPS) is 12.3. The molecule has 0 aliphatic heterocycles. The summed E-state index contributed by atoms with van der Waals surface area (Å²) in [5.74, 6) is -2.60. The van der Waals surface area contributed by atoms with Gasteiger partial charge in [0.25, 0.3) is 0 Å². The molecule has 0 bridgehead atoms. The number of benzene rings is 2. The van der Waals surface area contributed by atoms with Gasteiger partial charge in [-0.15, -0.1) is 0 Å². The molecule has 0 saturated heterocycles. The number of rotatable bonds is 3. The maximum absolute atomic E-state index is 13.7. The lowest BCUT2D eigenvalue weighted by Gasteiger charge is -2.17. The van der Waals surface area contributed by atoms with Crippen molar-refractivity contribution < 1.29 is 17.6 Å². The second kappa shape index (κ2) is 5.53. The van der Waals surface area contributed by atoms with E-state index in [2.05, 4.69) is 5.32 Å². The molecule has 0 radical (unpaired) electrons. The summed E-state index contributed by atoms with van der Waals surface area (Å²) in [5.41, 5.74) is 0.450. The minimum atomic E-state index is -0.718. The zero-order valence-electron chi connectivity index (χ0n) is 11.0. The molecular weight excluding hydrogens is 270 g/mol. The second-order valence-corrected chi connectivity index (χ2v) is 4.65. The average Bonchev–Trinajstić information content (AvgIpc) is 2.34. The van der Waals surface area contributed by atoms with Gasteiger partial charge in [-0.1, -0.05) is 0 Å². The summed E-state index contributed by atoms with van der Waals surface area (Å²) in [6.45, 7) is 3.05. The number of hydrogen-bond donors (Lipinski definition) is 1. The van der Waals surface area contributed by atoms with Gasteiger partial charge in [-0.25, -0.2) is 17.6 Å². The van der Waals surface area contributed by atoms with E-state index in [1.165, 1.54) is 6.92 Å². The Morgan fingerprint density at radius 1 is 0.850 bits per heavy atom. The highest BCUT2D eigenvalue weighted by atomic mass is 19.1. The van der Waals surface area contributed by atoms with E-state index >= 15 is 0 Å². The van der Waals surface area contributed by atoms with Crippen LogP contribution in [0.4, 0.5) is 23.2 Å². The van der Waals surface area contributed by atoms with Crippen molar-refractivity contribution >= 4 is 5.69 Å². The first-order valence-electron chi connectivity index (χ1n) is 6.05. The summed E-state index contributed by atoms with van der Waals surface area (Å²) >= 11 is 0. The summed E-state index contributed by atoms with van der Waals surface area (Å²) in [6, 6.07) is 4.55. The molecule has 2 rings (SSSR count). The first-order chi connectivity index (χ1) is 9.36. The van der Waals surface area contributed by atoms with E-state index in [1.807, 2.05) is 0 Å². The largest absolute Gasteiger partial charge is 0.376 e. The molecule has 0 heterocycles. The third-order valence-electron chi connectivity index (χ3n) is 3.01. The lowest BCUT2D eigenvalue weighted by molar-refractivity contribution is 0.576. The van der Waals surface area contributed by atoms with Crippen LogP contribution in [0.2, 0.25) is 0 Å². The number of nitrogens with one attached hydrogen (secondary N) is 1. The lowest BCUT2D eigenvalue weighted by atomic mass is 10.1. The van der Waals surface area contributed by atoms with Crippen LogP contribution in [0.1, 0.15) is 24.1 Å². The Balaban J connectivity index is 2.27. The van der Waals surface area contributed by atoms with Crippen LogP contribution in [0.3, 0.4) is 0 Å². The molecule has 106 valence electrons. The van der Waals surface area contributed by atoms with E-state index in [9.17, 15) is 17.6 Å². The topological polar surface area (TPSA) is 12.0 Å². The van der Waals surface area contributed by atoms with E-state index in [-0.39, 0.29) is 11.3 Å². The molecule has 0 aliphatic carbocycles. The summed E-state index contributed by atoms with van der Waals surface area (Å²) < 4.78 is 53.3. The minimum absolute atomic E-state index is 0.0507. The Kier molecular flexibility index (Phi) is 3.97. The molecule has 0 fully saturated rings. The molecule has 1 unspecified atom stereocenters. The van der Waals surface area contributed by atoms with Crippen molar-refractivity contribution in [3.63, 3.8) is 0 Å². The van der Waals surface area contributed by atoms with Crippen molar-refractivity contribution in [2.75, 3.05) is 5.32 Å². The molecule has 0 aromatic heterocycles. The van der Waals surface area contributed by atoms with Gasteiger partial charge in [-0.05, 0) is 43.2 Å². The van der Waals surface area contributed by atoms with Gasteiger partial charge in [-0.3, -0.25) is 0 Å². The fourth-order valence-electron chi connectivity index (χ4n) is 1.90. The molecular formula is C15H13F4N. The molecule has 1 N–H and O–H groups in total. The van der Waals surface area contributed by atoms with Gasteiger partial charge in [0, 0.05) is 18.2 Å². The highest BCUT2D eigenvalue weighted by molar-refractivity contribution is 5.48. The lowest BCUT2D eigenvalue weighted by Crippen LogP contribution is -2.09. The molecule has 2 aromatic carbocycles. The summed E-state index contributed by atoms with van der Waals surface area (Å²) in [5, 5.41) is 2.70. The van der Waals surface area contributed by atoms with Crippen molar-refractivity contribution in [2.24, 2.45) is 0 Å². The predicted molar refractivity (Wildman–Crippen MR) is 69.5 cm³/mol. The van der Waals surface area contributed by atoms with E-state index in [0.29, 0.717) is 5.56 Å². The number of aryl methyl sites for hydroxylation is 1. The van der Waals surface area contributed by atoms with Crippen LogP contribution in [-0.4, -0.2) is 0 Å². The highest BCUT2D eigenvalue weighted by Crippen LogP contribution is 2.25. The van der Waals surface area contributed by atoms with E-state index in [4.69, 9.17) is 0 Å². The summed E-state index contributed by atoms with van der Waals surface area (Å²) in [6.07, 6.45) is 0. The first-order valence-corrected chi connectivity index (χ1v) is 6.05. The van der Waals surface area contributed by atoms with E-state index in [1.54, 1.807) is 6.92 Å². The van der Waals surface area contributed by atoms with Crippen molar-refractivity contribution in [1.82, 2.24) is 0 Å². The number of hydrogen-bond acceptors (Lipinski definition) is 1. The van der Waals surface area contributed by atoms with Gasteiger partial charge in [0.2, 0.25) is 0 Å². The van der Waals surface area contributed by atoms with E-state index < -0.39 is 29.3 Å². The molecule has 0 saturated carbocycles. The average molecular weight is 283 g/mol. The van der Waals surface area contributed by atoms with Crippen LogP contribution >= 0.6 is 0 Å². The summed E-state index contributed by atoms with van der Waals surface area (Å²) in [7, 11) is 0. The van der Waals surface area contributed by atoms with Crippen molar-refractivity contribution in [3.8, 4) is 0 Å². The van der Waals surface area contributed by atoms with Gasteiger partial charge in [0.05, 0.1) is 5.69 Å². The fraction of sp³-hybridized carbons (Fsp3) is 0.200. The van der Waals surface area contributed by atoms with E-state index in [0.717, 1.165) is 30.3 Å².